The second-order valence-electron chi connectivity index (χ2n) is 9.28. The number of rotatable bonds is 7. The highest BCUT2D eigenvalue weighted by molar-refractivity contribution is 5.85. The van der Waals surface area contributed by atoms with Gasteiger partial charge in [0, 0.05) is 26.2 Å². The third kappa shape index (κ3) is 5.55. The van der Waals surface area contributed by atoms with Crippen LogP contribution in [0.1, 0.15) is 28.7 Å². The van der Waals surface area contributed by atoms with E-state index >= 15 is 0 Å². The molecule has 0 bridgehead atoms. The molecule has 0 saturated carbocycles. The van der Waals surface area contributed by atoms with Crippen molar-refractivity contribution in [1.29, 1.82) is 0 Å². The van der Waals surface area contributed by atoms with Crippen molar-refractivity contribution in [3.8, 4) is 5.75 Å². The van der Waals surface area contributed by atoms with Gasteiger partial charge in [-0.15, -0.1) is 0 Å². The maximum atomic E-state index is 13.0. The van der Waals surface area contributed by atoms with Gasteiger partial charge in [-0.05, 0) is 84.8 Å². The molecule has 3 aromatic carbocycles. The summed E-state index contributed by atoms with van der Waals surface area (Å²) < 4.78 is 0. The van der Waals surface area contributed by atoms with Gasteiger partial charge in [0.25, 0.3) is 0 Å². The summed E-state index contributed by atoms with van der Waals surface area (Å²) in [6, 6.07) is 18.0. The molecule has 3 aromatic rings. The number of hydrogen-bond donors (Lipinski definition) is 2. The lowest BCUT2D eigenvalue weighted by Crippen LogP contribution is -2.53. The molecule has 33 heavy (non-hydrogen) atoms. The van der Waals surface area contributed by atoms with Gasteiger partial charge in [-0.3, -0.25) is 9.69 Å². The van der Waals surface area contributed by atoms with Crippen LogP contribution in [0, 0.1) is 13.8 Å². The van der Waals surface area contributed by atoms with Crippen molar-refractivity contribution in [2.24, 2.45) is 5.73 Å². The minimum absolute atomic E-state index is 0.0253. The molecule has 1 fully saturated rings. The molecule has 174 valence electrons. The molecule has 4 rings (SSSR count). The minimum Gasteiger partial charge on any atom is -0.508 e. The summed E-state index contributed by atoms with van der Waals surface area (Å²) in [4.78, 5) is 17.3. The van der Waals surface area contributed by atoms with Crippen molar-refractivity contribution in [3.05, 3.63) is 76.9 Å². The van der Waals surface area contributed by atoms with E-state index in [1.807, 2.05) is 18.7 Å². The first-order valence-electron chi connectivity index (χ1n) is 11.9. The molecule has 1 atom stereocenters. The van der Waals surface area contributed by atoms with E-state index in [2.05, 4.69) is 47.4 Å². The lowest BCUT2D eigenvalue weighted by Gasteiger charge is -2.36. The summed E-state index contributed by atoms with van der Waals surface area (Å²) in [7, 11) is 0. The Bertz CT molecular complexity index is 1090. The van der Waals surface area contributed by atoms with Gasteiger partial charge in [0.15, 0.2) is 0 Å². The molecule has 5 heteroatoms. The molecule has 1 aliphatic rings. The monoisotopic (exact) mass is 445 g/mol. The van der Waals surface area contributed by atoms with Crippen LogP contribution < -0.4 is 5.73 Å². The summed E-state index contributed by atoms with van der Waals surface area (Å²) >= 11 is 0. The number of fused-ring (bicyclic) bond motifs is 1. The first-order chi connectivity index (χ1) is 15.9. The molecule has 1 heterocycles. The van der Waals surface area contributed by atoms with E-state index in [1.165, 1.54) is 16.3 Å². The van der Waals surface area contributed by atoms with Crippen LogP contribution in [0.4, 0.5) is 0 Å². The largest absolute Gasteiger partial charge is 0.508 e. The quantitative estimate of drug-likeness (QED) is 0.580. The van der Waals surface area contributed by atoms with Crippen LogP contribution in [-0.4, -0.2) is 59.6 Å². The Morgan fingerprint density at radius 2 is 1.67 bits per heavy atom. The fraction of sp³-hybridized carbons (Fsp3) is 0.393. The molecule has 0 unspecified atom stereocenters. The highest BCUT2D eigenvalue weighted by Gasteiger charge is 2.26. The Balaban J connectivity index is 1.25. The zero-order chi connectivity index (χ0) is 23.4. The molecule has 0 aromatic heterocycles. The second-order valence-corrected chi connectivity index (χ2v) is 9.28. The lowest BCUT2D eigenvalue weighted by molar-refractivity contribution is -0.134. The van der Waals surface area contributed by atoms with Crippen molar-refractivity contribution in [2.75, 3.05) is 32.7 Å². The number of benzene rings is 3. The Morgan fingerprint density at radius 1 is 1.00 bits per heavy atom. The average Bonchev–Trinajstić information content (AvgIpc) is 2.81. The molecular weight excluding hydrogens is 410 g/mol. The maximum absolute atomic E-state index is 13.0. The van der Waals surface area contributed by atoms with Gasteiger partial charge >= 0.3 is 0 Å². The molecule has 1 aliphatic heterocycles. The number of aromatic hydroxyl groups is 1. The molecule has 1 saturated heterocycles. The average molecular weight is 446 g/mol. The number of nitrogens with two attached hydrogens (primary N) is 1. The third-order valence-corrected chi connectivity index (χ3v) is 6.91. The number of carbonyl (C=O) groups excluding carboxylic acids is 1. The van der Waals surface area contributed by atoms with Gasteiger partial charge in [0.2, 0.25) is 5.91 Å². The van der Waals surface area contributed by atoms with Gasteiger partial charge in [0.05, 0.1) is 6.04 Å². The molecule has 1 amide bonds. The number of aryl methyl sites for hydroxylation is 3. The van der Waals surface area contributed by atoms with Crippen LogP contribution in [0.5, 0.6) is 5.75 Å². The van der Waals surface area contributed by atoms with E-state index in [9.17, 15) is 9.90 Å². The molecule has 0 aliphatic carbocycles. The third-order valence-electron chi connectivity index (χ3n) is 6.91. The van der Waals surface area contributed by atoms with Gasteiger partial charge in [-0.25, -0.2) is 0 Å². The molecule has 0 spiro atoms. The van der Waals surface area contributed by atoms with E-state index in [0.717, 1.165) is 62.3 Å². The van der Waals surface area contributed by atoms with Crippen molar-refractivity contribution >= 4 is 16.7 Å². The Kier molecular flexibility index (Phi) is 7.31. The van der Waals surface area contributed by atoms with Gasteiger partial charge in [-0.2, -0.15) is 0 Å². The van der Waals surface area contributed by atoms with E-state index in [4.69, 9.17) is 5.73 Å². The van der Waals surface area contributed by atoms with Gasteiger partial charge in [-0.1, -0.05) is 42.5 Å². The highest BCUT2D eigenvalue weighted by atomic mass is 16.3. The van der Waals surface area contributed by atoms with Gasteiger partial charge in [0.1, 0.15) is 5.75 Å². The minimum atomic E-state index is -0.551. The van der Waals surface area contributed by atoms with Crippen LogP contribution in [0.2, 0.25) is 0 Å². The van der Waals surface area contributed by atoms with E-state index in [-0.39, 0.29) is 11.7 Å². The van der Waals surface area contributed by atoms with Crippen LogP contribution in [0.25, 0.3) is 10.8 Å². The summed E-state index contributed by atoms with van der Waals surface area (Å²) in [6.07, 6.45) is 2.68. The van der Waals surface area contributed by atoms with Crippen LogP contribution >= 0.6 is 0 Å². The molecule has 0 radical (unpaired) electrons. The Hall–Kier alpha value is -2.89. The van der Waals surface area contributed by atoms with Gasteiger partial charge < -0.3 is 15.7 Å². The predicted molar refractivity (Wildman–Crippen MR) is 135 cm³/mol. The van der Waals surface area contributed by atoms with E-state index < -0.39 is 6.04 Å². The summed E-state index contributed by atoms with van der Waals surface area (Å²) in [5.41, 5.74) is 10.7. The number of amides is 1. The maximum Gasteiger partial charge on any atom is 0.239 e. The molecule has 5 nitrogen and oxygen atoms in total. The van der Waals surface area contributed by atoms with Crippen molar-refractivity contribution < 1.29 is 9.90 Å². The van der Waals surface area contributed by atoms with Crippen molar-refractivity contribution in [3.63, 3.8) is 0 Å². The predicted octanol–water partition coefficient (Wildman–Crippen LogP) is 3.81. The summed E-state index contributed by atoms with van der Waals surface area (Å²) in [5.74, 6) is 0.280. The highest BCUT2D eigenvalue weighted by Crippen LogP contribution is 2.23. The smallest absolute Gasteiger partial charge is 0.239 e. The number of nitrogens with zero attached hydrogens (tertiary/aromatic N) is 2. The van der Waals surface area contributed by atoms with Crippen molar-refractivity contribution in [2.45, 2.75) is 39.2 Å². The summed E-state index contributed by atoms with van der Waals surface area (Å²) in [5, 5.41) is 12.4. The Morgan fingerprint density at radius 3 is 2.39 bits per heavy atom. The fourth-order valence-corrected chi connectivity index (χ4v) is 5.03. The van der Waals surface area contributed by atoms with E-state index in [0.29, 0.717) is 6.42 Å². The topological polar surface area (TPSA) is 69.8 Å². The first kappa shape index (κ1) is 23.3. The van der Waals surface area contributed by atoms with Crippen LogP contribution in [0.3, 0.4) is 0 Å². The van der Waals surface area contributed by atoms with E-state index in [1.54, 1.807) is 12.1 Å². The zero-order valence-corrected chi connectivity index (χ0v) is 19.8. The number of phenols is 1. The lowest BCUT2D eigenvalue weighted by atomic mass is 9.95. The van der Waals surface area contributed by atoms with Crippen LogP contribution in [-0.2, 0) is 17.6 Å². The number of piperazine rings is 1. The SMILES string of the molecule is Cc1cc(O)cc(C)c1C[C@H](N)C(=O)N1CCN(CCCc2cccc3ccccc23)CC1. The number of hydrogen-bond acceptors (Lipinski definition) is 4. The standard InChI is InChI=1S/C28H35N3O2/c1-20-17-24(32)18-21(2)26(20)19-27(29)28(33)31-15-13-30(14-16-31)12-6-10-23-9-5-8-22-7-3-4-11-25(22)23/h3-5,7-9,11,17-18,27,32H,6,10,12-16,19,29H2,1-2H3/t27-/m0/s1. The fourth-order valence-electron chi connectivity index (χ4n) is 5.03. The van der Waals surface area contributed by atoms with Crippen molar-refractivity contribution in [1.82, 2.24) is 9.80 Å². The van der Waals surface area contributed by atoms with Crippen LogP contribution in [0.15, 0.2) is 54.6 Å². The normalized spacial score (nSPS) is 15.7. The Labute approximate surface area is 196 Å². The zero-order valence-electron chi connectivity index (χ0n) is 19.8. The molecular formula is C28H35N3O2. The number of carbonyl (C=O) groups is 1. The first-order valence-corrected chi connectivity index (χ1v) is 11.9. The summed E-state index contributed by atoms with van der Waals surface area (Å²) in [6.45, 7) is 8.20. The molecule has 3 N–H and O–H groups in total. The second kappa shape index (κ2) is 10.4. The number of phenolic OH excluding ortho intramolecular Hbond substituents is 1.